The second-order valence-electron chi connectivity index (χ2n) is 7.51. The van der Waals surface area contributed by atoms with Gasteiger partial charge in [0.1, 0.15) is 19.3 Å². The lowest BCUT2D eigenvalue weighted by molar-refractivity contribution is -0.152. The Balaban J connectivity index is 1.72. The normalized spacial score (nSPS) is 17.7. The summed E-state index contributed by atoms with van der Waals surface area (Å²) in [4.78, 5) is 51.8. The quantitative estimate of drug-likeness (QED) is 0.661. The van der Waals surface area contributed by atoms with Crippen molar-refractivity contribution in [2.75, 3.05) is 13.6 Å². The van der Waals surface area contributed by atoms with Crippen LogP contribution in [-0.2, 0) is 32.3 Å². The zero-order chi connectivity index (χ0) is 23.1. The summed E-state index contributed by atoms with van der Waals surface area (Å²) in [6, 6.07) is 16.1. The third-order valence-corrected chi connectivity index (χ3v) is 5.17. The zero-order valence-electron chi connectivity index (χ0n) is 17.7. The van der Waals surface area contributed by atoms with Crippen molar-refractivity contribution in [2.24, 2.45) is 11.7 Å². The number of likely N-dealkylation sites (tertiary alicyclic amines) is 1. The Hall–Kier alpha value is -3.88. The number of imide groups is 1. The molecule has 0 bridgehead atoms. The van der Waals surface area contributed by atoms with Gasteiger partial charge in [0.15, 0.2) is 0 Å². The molecule has 2 aromatic rings. The molecule has 1 saturated heterocycles. The van der Waals surface area contributed by atoms with Gasteiger partial charge in [-0.05, 0) is 17.5 Å². The van der Waals surface area contributed by atoms with Gasteiger partial charge in [0.25, 0.3) is 0 Å². The molecular formula is C23H25N3O6. The Kier molecular flexibility index (Phi) is 7.43. The molecule has 3 rings (SSSR count). The maximum atomic E-state index is 12.9. The van der Waals surface area contributed by atoms with Crippen molar-refractivity contribution in [2.45, 2.75) is 25.7 Å². The van der Waals surface area contributed by atoms with Crippen LogP contribution in [0.5, 0.6) is 0 Å². The van der Waals surface area contributed by atoms with E-state index in [2.05, 4.69) is 0 Å². The van der Waals surface area contributed by atoms with Gasteiger partial charge in [-0.15, -0.1) is 0 Å². The fraction of sp³-hybridized carbons (Fsp3) is 0.304. The van der Waals surface area contributed by atoms with Crippen LogP contribution in [0.15, 0.2) is 60.7 Å². The van der Waals surface area contributed by atoms with Crippen LogP contribution >= 0.6 is 0 Å². The monoisotopic (exact) mass is 439 g/mol. The van der Waals surface area contributed by atoms with Crippen LogP contribution in [-0.4, -0.2) is 53.4 Å². The average Bonchev–Trinajstić information content (AvgIpc) is 3.13. The molecule has 2 aromatic carbocycles. The van der Waals surface area contributed by atoms with Gasteiger partial charge in [0, 0.05) is 13.6 Å². The number of hydrogen-bond donors (Lipinski definition) is 1. The van der Waals surface area contributed by atoms with E-state index in [0.717, 1.165) is 20.9 Å². The number of hydrogen-bond acceptors (Lipinski definition) is 6. The number of ether oxygens (including phenoxy) is 2. The molecule has 0 spiro atoms. The number of primary amides is 1. The highest BCUT2D eigenvalue weighted by Crippen LogP contribution is 2.28. The molecule has 0 radical (unpaired) electrons. The fourth-order valence-corrected chi connectivity index (χ4v) is 3.43. The number of carbonyl (C=O) groups is 4. The summed E-state index contributed by atoms with van der Waals surface area (Å²) in [5.41, 5.74) is 6.76. The van der Waals surface area contributed by atoms with E-state index in [1.54, 1.807) is 36.4 Å². The summed E-state index contributed by atoms with van der Waals surface area (Å²) in [5, 5.41) is 0. The van der Waals surface area contributed by atoms with E-state index in [1.165, 1.54) is 7.05 Å². The molecule has 168 valence electrons. The number of amides is 4. The molecule has 0 aromatic heterocycles. The molecule has 32 heavy (non-hydrogen) atoms. The number of benzene rings is 2. The lowest BCUT2D eigenvalue weighted by atomic mass is 10.0. The lowest BCUT2D eigenvalue weighted by Gasteiger charge is -2.21. The van der Waals surface area contributed by atoms with E-state index in [0.29, 0.717) is 0 Å². The molecule has 1 heterocycles. The topological polar surface area (TPSA) is 119 Å². The summed E-state index contributed by atoms with van der Waals surface area (Å²) in [5.74, 6) is -2.12. The standard InChI is InChI=1S/C23H25N3O6/c1-25(22(24)29)13-18-12-19(21(28)31-14-16-8-4-2-5-9-16)26(20(18)27)23(30)32-15-17-10-6-3-7-11-17/h2-11,18-19H,12-15H2,1H3,(H2,24,29)/t18-,19+/m1/s1. The third-order valence-electron chi connectivity index (χ3n) is 5.17. The number of nitrogens with zero attached hydrogens (tertiary/aromatic N) is 2. The molecule has 2 N–H and O–H groups in total. The molecule has 9 nitrogen and oxygen atoms in total. The number of carbonyl (C=O) groups excluding carboxylic acids is 4. The minimum atomic E-state index is -1.15. The molecule has 0 saturated carbocycles. The highest BCUT2D eigenvalue weighted by molar-refractivity contribution is 6.00. The largest absolute Gasteiger partial charge is 0.459 e. The van der Waals surface area contributed by atoms with Crippen molar-refractivity contribution in [1.82, 2.24) is 9.80 Å². The Labute approximate surface area is 185 Å². The number of nitrogens with two attached hydrogens (primary N) is 1. The van der Waals surface area contributed by atoms with E-state index in [-0.39, 0.29) is 26.2 Å². The molecule has 1 fully saturated rings. The van der Waals surface area contributed by atoms with Crippen molar-refractivity contribution < 1.29 is 28.7 Å². The molecule has 0 aliphatic carbocycles. The molecular weight excluding hydrogens is 414 g/mol. The van der Waals surface area contributed by atoms with Crippen LogP contribution in [0.1, 0.15) is 17.5 Å². The maximum absolute atomic E-state index is 12.9. The number of rotatable bonds is 7. The number of esters is 1. The summed E-state index contributed by atoms with van der Waals surface area (Å²) >= 11 is 0. The predicted molar refractivity (Wildman–Crippen MR) is 114 cm³/mol. The van der Waals surface area contributed by atoms with Gasteiger partial charge in [-0.25, -0.2) is 19.3 Å². The second kappa shape index (κ2) is 10.4. The van der Waals surface area contributed by atoms with Crippen molar-refractivity contribution in [3.8, 4) is 0 Å². The Morgan fingerprint density at radius 2 is 1.50 bits per heavy atom. The highest BCUT2D eigenvalue weighted by atomic mass is 16.6. The van der Waals surface area contributed by atoms with Gasteiger partial charge in [0.2, 0.25) is 5.91 Å². The molecule has 1 aliphatic heterocycles. The minimum Gasteiger partial charge on any atom is -0.459 e. The highest BCUT2D eigenvalue weighted by Gasteiger charge is 2.48. The van der Waals surface area contributed by atoms with Gasteiger partial charge < -0.3 is 20.1 Å². The molecule has 2 atom stereocenters. The maximum Gasteiger partial charge on any atom is 0.417 e. The average molecular weight is 439 g/mol. The van der Waals surface area contributed by atoms with Crippen LogP contribution < -0.4 is 5.73 Å². The van der Waals surface area contributed by atoms with Crippen molar-refractivity contribution in [1.29, 1.82) is 0 Å². The van der Waals surface area contributed by atoms with Gasteiger partial charge >= 0.3 is 18.1 Å². The first kappa shape index (κ1) is 22.8. The lowest BCUT2D eigenvalue weighted by Crippen LogP contribution is -2.45. The van der Waals surface area contributed by atoms with E-state index < -0.39 is 36.0 Å². The van der Waals surface area contributed by atoms with Crippen molar-refractivity contribution in [3.63, 3.8) is 0 Å². The van der Waals surface area contributed by atoms with E-state index >= 15 is 0 Å². The van der Waals surface area contributed by atoms with Gasteiger partial charge in [-0.3, -0.25) is 4.79 Å². The summed E-state index contributed by atoms with van der Waals surface area (Å²) in [6.45, 7) is -0.0800. The Morgan fingerprint density at radius 1 is 0.969 bits per heavy atom. The molecule has 1 aliphatic rings. The van der Waals surface area contributed by atoms with Crippen LogP contribution in [0.25, 0.3) is 0 Å². The van der Waals surface area contributed by atoms with Crippen LogP contribution in [0.3, 0.4) is 0 Å². The minimum absolute atomic E-state index is 0.00310. The first-order valence-corrected chi connectivity index (χ1v) is 10.1. The summed E-state index contributed by atoms with van der Waals surface area (Å²) < 4.78 is 10.6. The van der Waals surface area contributed by atoms with Crippen LogP contribution in [0.2, 0.25) is 0 Å². The third kappa shape index (κ3) is 5.63. The summed E-state index contributed by atoms with van der Waals surface area (Å²) in [6.07, 6.45) is -0.936. The molecule has 0 unspecified atom stereocenters. The second-order valence-corrected chi connectivity index (χ2v) is 7.51. The Morgan fingerprint density at radius 3 is 2.03 bits per heavy atom. The van der Waals surface area contributed by atoms with Crippen molar-refractivity contribution in [3.05, 3.63) is 71.8 Å². The fourth-order valence-electron chi connectivity index (χ4n) is 3.43. The Bertz CT molecular complexity index is 966. The van der Waals surface area contributed by atoms with Crippen LogP contribution in [0, 0.1) is 5.92 Å². The van der Waals surface area contributed by atoms with E-state index in [9.17, 15) is 19.2 Å². The number of urea groups is 1. The van der Waals surface area contributed by atoms with Gasteiger partial charge in [-0.2, -0.15) is 0 Å². The first-order chi connectivity index (χ1) is 15.4. The van der Waals surface area contributed by atoms with Crippen LogP contribution in [0.4, 0.5) is 9.59 Å². The predicted octanol–water partition coefficient (Wildman–Crippen LogP) is 2.29. The van der Waals surface area contributed by atoms with Gasteiger partial charge in [-0.1, -0.05) is 60.7 Å². The SMILES string of the molecule is CN(C[C@H]1C[C@@H](C(=O)OCc2ccccc2)N(C(=O)OCc2ccccc2)C1=O)C(N)=O. The molecule has 9 heteroatoms. The summed E-state index contributed by atoms with van der Waals surface area (Å²) in [7, 11) is 1.44. The smallest absolute Gasteiger partial charge is 0.417 e. The van der Waals surface area contributed by atoms with E-state index in [1.807, 2.05) is 24.3 Å². The first-order valence-electron chi connectivity index (χ1n) is 10.1. The van der Waals surface area contributed by atoms with E-state index in [4.69, 9.17) is 15.2 Å². The van der Waals surface area contributed by atoms with Crippen molar-refractivity contribution >= 4 is 24.0 Å². The molecule has 4 amide bonds. The zero-order valence-corrected chi connectivity index (χ0v) is 17.7. The van der Waals surface area contributed by atoms with Gasteiger partial charge in [0.05, 0.1) is 5.92 Å².